The molecule has 0 radical (unpaired) electrons. The number of hydrogen-bond acceptors (Lipinski definition) is 5. The number of hydrogen-bond donors (Lipinski definition) is 1. The first-order chi connectivity index (χ1) is 20.9. The number of amides is 2. The number of carbonyl (C=O) groups excluding carboxylic acids is 2. The molecule has 1 aromatic heterocycles. The molecule has 2 aliphatic heterocycles. The number of pyridine rings is 1. The van der Waals surface area contributed by atoms with Crippen molar-refractivity contribution in [2.24, 2.45) is 11.3 Å². The summed E-state index contributed by atoms with van der Waals surface area (Å²) in [5, 5.41) is 12.4. The first-order valence-corrected chi connectivity index (χ1v) is 16.5. The Kier molecular flexibility index (Phi) is 9.05. The van der Waals surface area contributed by atoms with Gasteiger partial charge in [-0.3, -0.25) is 14.4 Å². The van der Waals surface area contributed by atoms with Gasteiger partial charge in [-0.1, -0.05) is 75.3 Å². The van der Waals surface area contributed by atoms with Crippen LogP contribution in [0.4, 0.5) is 0 Å². The summed E-state index contributed by atoms with van der Waals surface area (Å²) in [6.07, 6.45) is 13.7. The van der Waals surface area contributed by atoms with E-state index in [1.807, 2.05) is 35.2 Å². The second kappa shape index (κ2) is 12.9. The molecule has 1 N–H and O–H groups in total. The predicted octanol–water partition coefficient (Wildman–Crippen LogP) is 4.87. The fraction of sp³-hybridized carbons (Fsp3) is 0.629. The van der Waals surface area contributed by atoms with Crippen LogP contribution in [0.2, 0.25) is 0 Å². The lowest BCUT2D eigenvalue weighted by Crippen LogP contribution is -2.62. The van der Waals surface area contributed by atoms with E-state index in [9.17, 15) is 19.5 Å². The van der Waals surface area contributed by atoms with E-state index in [0.29, 0.717) is 69.3 Å². The van der Waals surface area contributed by atoms with Crippen LogP contribution in [0.5, 0.6) is 0 Å². The first-order valence-electron chi connectivity index (χ1n) is 16.5. The summed E-state index contributed by atoms with van der Waals surface area (Å²) in [4.78, 5) is 44.6. The normalized spacial score (nSPS) is 24.4. The van der Waals surface area contributed by atoms with Crippen molar-refractivity contribution in [2.45, 2.75) is 89.2 Å². The van der Waals surface area contributed by atoms with Crippen molar-refractivity contribution in [3.8, 4) is 11.1 Å². The number of rotatable bonds is 7. The number of aliphatic hydroxyl groups is 1. The Hall–Kier alpha value is -2.97. The van der Waals surface area contributed by atoms with Gasteiger partial charge >= 0.3 is 0 Å². The second-order valence-electron chi connectivity index (χ2n) is 13.5. The van der Waals surface area contributed by atoms with E-state index >= 15 is 0 Å². The highest BCUT2D eigenvalue weighted by Crippen LogP contribution is 2.51. The molecule has 1 unspecified atom stereocenters. The molecule has 2 amide bonds. The number of likely N-dealkylation sites (tertiary alicyclic amines) is 1. The maximum Gasteiger partial charge on any atom is 0.256 e. The number of ether oxygens (including phenoxy) is 1. The molecule has 4 aliphatic rings. The van der Waals surface area contributed by atoms with E-state index in [2.05, 4.69) is 0 Å². The molecule has 232 valence electrons. The third kappa shape index (κ3) is 6.32. The molecule has 2 aromatic rings. The van der Waals surface area contributed by atoms with Crippen LogP contribution >= 0.6 is 0 Å². The Balaban J connectivity index is 1.25. The Bertz CT molecular complexity index is 1340. The maximum absolute atomic E-state index is 13.8. The number of morpholine rings is 1. The van der Waals surface area contributed by atoms with Gasteiger partial charge in [-0.15, -0.1) is 0 Å². The van der Waals surface area contributed by atoms with Crippen LogP contribution in [0, 0.1) is 11.3 Å². The zero-order valence-electron chi connectivity index (χ0n) is 25.5. The van der Waals surface area contributed by atoms with Gasteiger partial charge in [0.2, 0.25) is 5.91 Å². The zero-order chi connectivity index (χ0) is 29.9. The van der Waals surface area contributed by atoms with Crippen molar-refractivity contribution < 1.29 is 19.4 Å². The molecule has 1 spiro atoms. The number of benzene rings is 1. The fourth-order valence-electron chi connectivity index (χ4n) is 8.22. The van der Waals surface area contributed by atoms with Crippen LogP contribution in [-0.4, -0.2) is 76.3 Å². The van der Waals surface area contributed by atoms with Crippen molar-refractivity contribution in [1.82, 2.24) is 14.4 Å². The molecule has 3 heterocycles. The number of nitrogens with zero attached hydrogens (tertiary/aromatic N) is 3. The van der Waals surface area contributed by atoms with E-state index in [1.54, 1.807) is 21.7 Å². The van der Waals surface area contributed by atoms with Crippen molar-refractivity contribution >= 4 is 11.8 Å². The van der Waals surface area contributed by atoms with Gasteiger partial charge in [0.1, 0.15) is 0 Å². The van der Waals surface area contributed by atoms with Gasteiger partial charge in [0.25, 0.3) is 11.5 Å². The Morgan fingerprint density at radius 1 is 0.907 bits per heavy atom. The van der Waals surface area contributed by atoms with Crippen molar-refractivity contribution in [3.63, 3.8) is 0 Å². The van der Waals surface area contributed by atoms with Gasteiger partial charge in [0.15, 0.2) is 0 Å². The lowest BCUT2D eigenvalue weighted by molar-refractivity contribution is -0.160. The standard InChI is InChI=1S/C35H47N3O5/c39-31(14-13-27-9-3-1-4-10-27)37-18-17-35(42,34(25-37)15-7-8-16-34)26-38-24-30(33(41)36-19-21-43-22-20-36)29(23-32(38)40)28-11-5-2-6-12-28/h2,5-6,11-12,23-24,27,42H,1,3-4,7-10,13-22,25-26H2. The van der Waals surface area contributed by atoms with Crippen LogP contribution in [0.3, 0.4) is 0 Å². The Morgan fingerprint density at radius 3 is 2.35 bits per heavy atom. The summed E-state index contributed by atoms with van der Waals surface area (Å²) in [5.41, 5.74) is 0.0734. The lowest BCUT2D eigenvalue weighted by Gasteiger charge is -2.52. The SMILES string of the molecule is O=C(CCC1CCCCC1)N1CCC(O)(Cn2cc(C(=O)N3CCOCC3)c(-c3ccccc3)cc2=O)C2(CCCC2)C1. The maximum atomic E-state index is 13.8. The lowest BCUT2D eigenvalue weighted by atomic mass is 9.65. The van der Waals surface area contributed by atoms with Crippen LogP contribution in [0.15, 0.2) is 47.4 Å². The number of piperidine rings is 1. The molecule has 0 bridgehead atoms. The van der Waals surface area contributed by atoms with Crippen LogP contribution < -0.4 is 5.56 Å². The van der Waals surface area contributed by atoms with E-state index in [4.69, 9.17) is 4.74 Å². The van der Waals surface area contributed by atoms with Crippen LogP contribution in [0.1, 0.15) is 87.4 Å². The van der Waals surface area contributed by atoms with Crippen molar-refractivity contribution in [3.05, 3.63) is 58.5 Å². The monoisotopic (exact) mass is 589 g/mol. The van der Waals surface area contributed by atoms with Gasteiger partial charge in [-0.2, -0.15) is 0 Å². The molecular formula is C35H47N3O5. The summed E-state index contributed by atoms with van der Waals surface area (Å²) in [7, 11) is 0. The highest BCUT2D eigenvalue weighted by molar-refractivity contribution is 6.00. The molecule has 2 saturated carbocycles. The minimum atomic E-state index is -1.14. The van der Waals surface area contributed by atoms with Crippen LogP contribution in [0.25, 0.3) is 11.1 Å². The number of aromatic nitrogens is 1. The van der Waals surface area contributed by atoms with Gasteiger partial charge in [-0.05, 0) is 37.2 Å². The number of carbonyl (C=O) groups is 2. The summed E-state index contributed by atoms with van der Waals surface area (Å²) < 4.78 is 7.03. The minimum Gasteiger partial charge on any atom is -0.387 e. The molecule has 43 heavy (non-hydrogen) atoms. The molecule has 6 rings (SSSR count). The second-order valence-corrected chi connectivity index (χ2v) is 13.5. The van der Waals surface area contributed by atoms with E-state index < -0.39 is 11.0 Å². The van der Waals surface area contributed by atoms with Gasteiger partial charge in [-0.25, -0.2) is 0 Å². The Labute approximate surface area is 255 Å². The molecular weight excluding hydrogens is 542 g/mol. The zero-order valence-corrected chi connectivity index (χ0v) is 25.5. The average Bonchev–Trinajstić information content (AvgIpc) is 3.53. The summed E-state index contributed by atoms with van der Waals surface area (Å²) in [5.74, 6) is 0.749. The van der Waals surface area contributed by atoms with Gasteiger partial charge < -0.3 is 24.2 Å². The summed E-state index contributed by atoms with van der Waals surface area (Å²) >= 11 is 0. The quantitative estimate of drug-likeness (QED) is 0.498. The van der Waals surface area contributed by atoms with E-state index in [-0.39, 0.29) is 23.9 Å². The third-order valence-corrected chi connectivity index (χ3v) is 10.9. The third-order valence-electron chi connectivity index (χ3n) is 10.9. The molecule has 1 aromatic carbocycles. The topological polar surface area (TPSA) is 92.1 Å². The molecule has 8 heteroatoms. The molecule has 1 atom stereocenters. The first kappa shape index (κ1) is 30.1. The molecule has 2 aliphatic carbocycles. The molecule has 4 fully saturated rings. The highest BCUT2D eigenvalue weighted by Gasteiger charge is 2.55. The van der Waals surface area contributed by atoms with E-state index in [1.165, 1.54) is 32.1 Å². The fourth-order valence-corrected chi connectivity index (χ4v) is 8.22. The average molecular weight is 590 g/mol. The van der Waals surface area contributed by atoms with Crippen molar-refractivity contribution in [1.29, 1.82) is 0 Å². The van der Waals surface area contributed by atoms with E-state index in [0.717, 1.165) is 37.7 Å². The minimum absolute atomic E-state index is 0.119. The summed E-state index contributed by atoms with van der Waals surface area (Å²) in [6, 6.07) is 11.1. The Morgan fingerprint density at radius 2 is 1.63 bits per heavy atom. The summed E-state index contributed by atoms with van der Waals surface area (Å²) in [6.45, 7) is 3.15. The molecule has 2 saturated heterocycles. The van der Waals surface area contributed by atoms with Gasteiger partial charge in [0.05, 0.1) is 30.9 Å². The predicted molar refractivity (Wildman–Crippen MR) is 166 cm³/mol. The van der Waals surface area contributed by atoms with Gasteiger partial charge in [0, 0.05) is 55.8 Å². The largest absolute Gasteiger partial charge is 0.387 e. The highest BCUT2D eigenvalue weighted by atomic mass is 16.5. The molecule has 8 nitrogen and oxygen atoms in total. The van der Waals surface area contributed by atoms with Crippen molar-refractivity contribution in [2.75, 3.05) is 39.4 Å². The smallest absolute Gasteiger partial charge is 0.256 e. The van der Waals surface area contributed by atoms with Crippen LogP contribution in [-0.2, 0) is 16.1 Å².